The Morgan fingerprint density at radius 3 is 2.38 bits per heavy atom. The quantitative estimate of drug-likeness (QED) is 0.818. The molecule has 1 aromatic rings. The number of hydrogen-bond acceptors (Lipinski definition) is 3. The summed E-state index contributed by atoms with van der Waals surface area (Å²) in [6.07, 6.45) is 2.50. The van der Waals surface area contributed by atoms with Gasteiger partial charge in [0.25, 0.3) is 5.91 Å². The van der Waals surface area contributed by atoms with Gasteiger partial charge >= 0.3 is 0 Å². The monoisotopic (exact) mass is 288 g/mol. The zero-order chi connectivity index (χ0) is 15.2. The van der Waals surface area contributed by atoms with Crippen molar-refractivity contribution in [1.29, 1.82) is 0 Å². The molecule has 0 bridgehead atoms. The molecule has 1 aliphatic heterocycles. The number of Topliss-reactive ketones (excluding diaryl/α,β-unsaturated/α-hetero) is 1. The van der Waals surface area contributed by atoms with Gasteiger partial charge in [0.15, 0.2) is 5.78 Å². The average molecular weight is 288 g/mol. The lowest BCUT2D eigenvalue weighted by atomic mass is 9.96. The first-order chi connectivity index (χ1) is 10.1. The van der Waals surface area contributed by atoms with Crippen molar-refractivity contribution >= 4 is 11.7 Å². The molecule has 0 aromatic heterocycles. The van der Waals surface area contributed by atoms with Gasteiger partial charge in [-0.3, -0.25) is 9.59 Å². The summed E-state index contributed by atoms with van der Waals surface area (Å²) in [7, 11) is 0. The number of carbonyl (C=O) groups is 2. The smallest absolute Gasteiger partial charge is 0.252 e. The van der Waals surface area contributed by atoms with E-state index in [0.717, 1.165) is 19.6 Å². The van der Waals surface area contributed by atoms with Crippen molar-refractivity contribution in [3.8, 4) is 0 Å². The minimum absolute atomic E-state index is 0.0142. The molecule has 0 spiro atoms. The first-order valence-electron chi connectivity index (χ1n) is 7.73. The second kappa shape index (κ2) is 7.36. The Hall–Kier alpha value is -1.68. The molecule has 114 valence electrons. The Morgan fingerprint density at radius 1 is 1.14 bits per heavy atom. The molecule has 0 unspecified atom stereocenters. The first kappa shape index (κ1) is 15.7. The third-order valence-corrected chi connectivity index (χ3v) is 3.87. The molecule has 0 saturated carbocycles. The highest BCUT2D eigenvalue weighted by atomic mass is 16.2. The van der Waals surface area contributed by atoms with Crippen molar-refractivity contribution in [3.63, 3.8) is 0 Å². The van der Waals surface area contributed by atoms with E-state index < -0.39 is 0 Å². The van der Waals surface area contributed by atoms with Crippen LogP contribution in [0.5, 0.6) is 0 Å². The van der Waals surface area contributed by atoms with E-state index in [-0.39, 0.29) is 17.6 Å². The van der Waals surface area contributed by atoms with Crippen LogP contribution < -0.4 is 5.32 Å². The molecule has 1 aromatic carbocycles. The Balaban J connectivity index is 1.96. The SMILES string of the molecule is CC(C)C(=O)c1ccccc1C(=O)NCCN1CCCC1. The molecular weight excluding hydrogens is 264 g/mol. The van der Waals surface area contributed by atoms with E-state index in [1.54, 1.807) is 24.3 Å². The van der Waals surface area contributed by atoms with E-state index in [1.807, 2.05) is 13.8 Å². The second-order valence-corrected chi connectivity index (χ2v) is 5.87. The lowest BCUT2D eigenvalue weighted by Gasteiger charge is -2.15. The molecule has 21 heavy (non-hydrogen) atoms. The van der Waals surface area contributed by atoms with Crippen LogP contribution in [0.25, 0.3) is 0 Å². The van der Waals surface area contributed by atoms with Crippen molar-refractivity contribution in [2.24, 2.45) is 5.92 Å². The normalized spacial score (nSPS) is 15.4. The number of nitrogens with zero attached hydrogens (tertiary/aromatic N) is 1. The number of hydrogen-bond donors (Lipinski definition) is 1. The summed E-state index contributed by atoms with van der Waals surface area (Å²) in [6.45, 7) is 7.46. The van der Waals surface area contributed by atoms with Gasteiger partial charge < -0.3 is 10.2 Å². The van der Waals surface area contributed by atoms with Gasteiger partial charge in [-0.25, -0.2) is 0 Å². The molecule has 0 atom stereocenters. The molecule has 0 radical (unpaired) electrons. The van der Waals surface area contributed by atoms with E-state index in [0.29, 0.717) is 17.7 Å². The largest absolute Gasteiger partial charge is 0.351 e. The van der Waals surface area contributed by atoms with Crippen molar-refractivity contribution < 1.29 is 9.59 Å². The van der Waals surface area contributed by atoms with Gasteiger partial charge in [-0.2, -0.15) is 0 Å². The highest BCUT2D eigenvalue weighted by Crippen LogP contribution is 2.14. The lowest BCUT2D eigenvalue weighted by molar-refractivity contribution is 0.0910. The van der Waals surface area contributed by atoms with Gasteiger partial charge in [0, 0.05) is 24.6 Å². The van der Waals surface area contributed by atoms with Crippen LogP contribution in [0.15, 0.2) is 24.3 Å². The standard InChI is InChI=1S/C17H24N2O2/c1-13(2)16(20)14-7-3-4-8-15(14)17(21)18-9-12-19-10-5-6-11-19/h3-4,7-8,13H,5-6,9-12H2,1-2H3,(H,18,21). The third kappa shape index (κ3) is 4.14. The van der Waals surface area contributed by atoms with E-state index in [9.17, 15) is 9.59 Å². The number of nitrogens with one attached hydrogen (secondary N) is 1. The predicted molar refractivity (Wildman–Crippen MR) is 83.6 cm³/mol. The third-order valence-electron chi connectivity index (χ3n) is 3.87. The lowest BCUT2D eigenvalue weighted by Crippen LogP contribution is -2.34. The summed E-state index contributed by atoms with van der Waals surface area (Å²) in [5.41, 5.74) is 1.00. The maximum absolute atomic E-state index is 12.3. The van der Waals surface area contributed by atoms with Crippen LogP contribution in [0.3, 0.4) is 0 Å². The Kier molecular flexibility index (Phi) is 5.51. The van der Waals surface area contributed by atoms with Gasteiger partial charge in [0.1, 0.15) is 0 Å². The van der Waals surface area contributed by atoms with E-state index in [4.69, 9.17) is 0 Å². The van der Waals surface area contributed by atoms with Gasteiger partial charge in [-0.05, 0) is 32.0 Å². The first-order valence-corrected chi connectivity index (χ1v) is 7.73. The number of likely N-dealkylation sites (tertiary alicyclic amines) is 1. The summed E-state index contributed by atoms with van der Waals surface area (Å²) < 4.78 is 0. The molecule has 4 nitrogen and oxygen atoms in total. The summed E-state index contributed by atoms with van der Waals surface area (Å²) in [5.74, 6) is -0.248. The van der Waals surface area contributed by atoms with Crippen molar-refractivity contribution in [2.75, 3.05) is 26.2 Å². The highest BCUT2D eigenvalue weighted by molar-refractivity contribution is 6.08. The molecule has 1 aliphatic rings. The fourth-order valence-electron chi connectivity index (χ4n) is 2.64. The summed E-state index contributed by atoms with van der Waals surface area (Å²) in [5, 5.41) is 2.93. The van der Waals surface area contributed by atoms with Gasteiger partial charge in [0.05, 0.1) is 5.56 Å². The van der Waals surface area contributed by atoms with Crippen LogP contribution in [0, 0.1) is 5.92 Å². The predicted octanol–water partition coefficient (Wildman–Crippen LogP) is 2.35. The zero-order valence-electron chi connectivity index (χ0n) is 12.9. The Labute approximate surface area is 126 Å². The molecule has 1 saturated heterocycles. The number of benzene rings is 1. The van der Waals surface area contributed by atoms with E-state index in [1.165, 1.54) is 12.8 Å². The number of ketones is 1. The van der Waals surface area contributed by atoms with Crippen LogP contribution in [0.2, 0.25) is 0 Å². The van der Waals surface area contributed by atoms with Crippen LogP contribution in [-0.4, -0.2) is 42.8 Å². The second-order valence-electron chi connectivity index (χ2n) is 5.87. The number of carbonyl (C=O) groups excluding carboxylic acids is 2. The zero-order valence-corrected chi connectivity index (χ0v) is 12.9. The fraction of sp³-hybridized carbons (Fsp3) is 0.529. The van der Waals surface area contributed by atoms with Crippen LogP contribution in [0.1, 0.15) is 47.4 Å². The Bertz CT molecular complexity index is 505. The minimum Gasteiger partial charge on any atom is -0.351 e. The Morgan fingerprint density at radius 2 is 1.76 bits per heavy atom. The molecule has 1 amide bonds. The highest BCUT2D eigenvalue weighted by Gasteiger charge is 2.19. The van der Waals surface area contributed by atoms with Crippen molar-refractivity contribution in [3.05, 3.63) is 35.4 Å². The molecule has 0 aliphatic carbocycles. The van der Waals surface area contributed by atoms with Gasteiger partial charge in [-0.1, -0.05) is 32.0 Å². The number of rotatable bonds is 6. The van der Waals surface area contributed by atoms with Crippen LogP contribution >= 0.6 is 0 Å². The maximum atomic E-state index is 12.3. The summed E-state index contributed by atoms with van der Waals surface area (Å²) in [4.78, 5) is 26.8. The van der Waals surface area contributed by atoms with Gasteiger partial charge in [-0.15, -0.1) is 0 Å². The number of amides is 1. The van der Waals surface area contributed by atoms with Crippen LogP contribution in [-0.2, 0) is 0 Å². The molecule has 4 heteroatoms. The molecular formula is C17H24N2O2. The molecule has 2 rings (SSSR count). The van der Waals surface area contributed by atoms with E-state index in [2.05, 4.69) is 10.2 Å². The average Bonchev–Trinajstić information content (AvgIpc) is 2.99. The van der Waals surface area contributed by atoms with Crippen molar-refractivity contribution in [1.82, 2.24) is 10.2 Å². The van der Waals surface area contributed by atoms with Crippen LogP contribution in [0.4, 0.5) is 0 Å². The van der Waals surface area contributed by atoms with Gasteiger partial charge in [0.2, 0.25) is 0 Å². The van der Waals surface area contributed by atoms with E-state index >= 15 is 0 Å². The topological polar surface area (TPSA) is 49.4 Å². The maximum Gasteiger partial charge on any atom is 0.252 e. The molecule has 1 fully saturated rings. The molecule has 1 N–H and O–H groups in total. The minimum atomic E-state index is -0.154. The van der Waals surface area contributed by atoms with Crippen molar-refractivity contribution in [2.45, 2.75) is 26.7 Å². The molecule has 1 heterocycles. The summed E-state index contributed by atoms with van der Waals surface area (Å²) >= 11 is 0. The summed E-state index contributed by atoms with van der Waals surface area (Å²) in [6, 6.07) is 7.06. The fourth-order valence-corrected chi connectivity index (χ4v) is 2.64.